The van der Waals surface area contributed by atoms with Crippen LogP contribution in [0.15, 0.2) is 12.1 Å². The second kappa shape index (κ2) is 6.15. The summed E-state index contributed by atoms with van der Waals surface area (Å²) >= 11 is 17.4. The van der Waals surface area contributed by atoms with E-state index < -0.39 is 0 Å². The van der Waals surface area contributed by atoms with Crippen LogP contribution in [-0.4, -0.2) is 12.5 Å². The molecule has 0 saturated carbocycles. The molecule has 7 heteroatoms. The van der Waals surface area contributed by atoms with Crippen molar-refractivity contribution in [2.75, 3.05) is 6.61 Å². The maximum Gasteiger partial charge on any atom is 0.237 e. The Kier molecular flexibility index (Phi) is 5.15. The molecule has 0 unspecified atom stereocenters. The third-order valence-corrected chi connectivity index (χ3v) is 2.74. The Hall–Kier alpha value is -0.680. The third-order valence-electron chi connectivity index (χ3n) is 1.72. The fourth-order valence-electron chi connectivity index (χ4n) is 0.941. The van der Waals surface area contributed by atoms with Gasteiger partial charge in [0.25, 0.3) is 0 Å². The summed E-state index contributed by atoms with van der Waals surface area (Å²) in [6.07, 6.45) is 0.132. The number of hydrogen-bond donors (Lipinski definition) is 2. The molecule has 1 rings (SSSR count). The number of ether oxygens (including phenoxy) is 1. The van der Waals surface area contributed by atoms with Crippen LogP contribution in [-0.2, 0) is 4.79 Å². The number of hydrazine groups is 1. The lowest BCUT2D eigenvalue weighted by atomic mass is 10.3. The Balaban J connectivity index is 2.60. The highest BCUT2D eigenvalue weighted by Crippen LogP contribution is 2.33. The van der Waals surface area contributed by atoms with Crippen LogP contribution in [0.2, 0.25) is 15.1 Å². The zero-order valence-corrected chi connectivity index (χ0v) is 10.4. The molecule has 16 heavy (non-hydrogen) atoms. The Morgan fingerprint density at radius 1 is 1.25 bits per heavy atom. The minimum atomic E-state index is -0.323. The van der Waals surface area contributed by atoms with Crippen LogP contribution in [0.1, 0.15) is 6.42 Å². The number of nitrogens with one attached hydrogen (secondary N) is 1. The zero-order valence-electron chi connectivity index (χ0n) is 8.10. The first kappa shape index (κ1) is 13.4. The van der Waals surface area contributed by atoms with E-state index in [0.717, 1.165) is 0 Å². The lowest BCUT2D eigenvalue weighted by Crippen LogP contribution is -2.31. The molecule has 0 aromatic heterocycles. The van der Waals surface area contributed by atoms with Crippen LogP contribution in [0.5, 0.6) is 5.75 Å². The molecule has 0 bridgehead atoms. The van der Waals surface area contributed by atoms with Gasteiger partial charge in [-0.25, -0.2) is 5.84 Å². The van der Waals surface area contributed by atoms with E-state index in [1.54, 1.807) is 0 Å². The summed E-state index contributed by atoms with van der Waals surface area (Å²) in [7, 11) is 0. The SMILES string of the molecule is NNC(=O)CCOc1cc(Cl)c(Cl)cc1Cl. The Bertz CT molecular complexity index is 399. The number of carbonyl (C=O) groups is 1. The summed E-state index contributed by atoms with van der Waals surface area (Å²) in [5.74, 6) is 4.96. The number of hydrogen-bond acceptors (Lipinski definition) is 3. The number of rotatable bonds is 4. The summed E-state index contributed by atoms with van der Waals surface area (Å²) < 4.78 is 5.25. The first-order valence-electron chi connectivity index (χ1n) is 4.31. The van der Waals surface area contributed by atoms with Crippen LogP contribution in [0.3, 0.4) is 0 Å². The average molecular weight is 284 g/mol. The predicted molar refractivity (Wildman–Crippen MR) is 63.9 cm³/mol. The zero-order chi connectivity index (χ0) is 12.1. The van der Waals surface area contributed by atoms with Crippen molar-refractivity contribution in [2.45, 2.75) is 6.42 Å². The molecule has 0 atom stereocenters. The summed E-state index contributed by atoms with van der Waals surface area (Å²) in [6.45, 7) is 0.153. The van der Waals surface area contributed by atoms with Gasteiger partial charge in [0.15, 0.2) is 0 Å². The molecule has 0 radical (unpaired) electrons. The molecule has 4 nitrogen and oxygen atoms in total. The van der Waals surface area contributed by atoms with Gasteiger partial charge in [-0.2, -0.15) is 0 Å². The van der Waals surface area contributed by atoms with Crippen LogP contribution in [0.4, 0.5) is 0 Å². The van der Waals surface area contributed by atoms with Gasteiger partial charge in [0, 0.05) is 6.07 Å². The van der Waals surface area contributed by atoms with Crippen molar-refractivity contribution in [3.63, 3.8) is 0 Å². The molecule has 0 aliphatic heterocycles. The van der Waals surface area contributed by atoms with Crippen LogP contribution in [0, 0.1) is 0 Å². The van der Waals surface area contributed by atoms with Crippen molar-refractivity contribution < 1.29 is 9.53 Å². The highest BCUT2D eigenvalue weighted by atomic mass is 35.5. The van der Waals surface area contributed by atoms with E-state index in [1.807, 2.05) is 5.43 Å². The van der Waals surface area contributed by atoms with Gasteiger partial charge in [-0.05, 0) is 6.07 Å². The minimum absolute atomic E-state index is 0.132. The van der Waals surface area contributed by atoms with E-state index in [4.69, 9.17) is 45.4 Å². The number of carbonyl (C=O) groups excluding carboxylic acids is 1. The van der Waals surface area contributed by atoms with Crippen molar-refractivity contribution in [2.24, 2.45) is 5.84 Å². The quantitative estimate of drug-likeness (QED) is 0.386. The molecule has 0 aliphatic carbocycles. The third kappa shape index (κ3) is 3.72. The van der Waals surface area contributed by atoms with Crippen molar-refractivity contribution in [3.05, 3.63) is 27.2 Å². The van der Waals surface area contributed by atoms with Crippen LogP contribution < -0.4 is 16.0 Å². The van der Waals surface area contributed by atoms with E-state index in [1.165, 1.54) is 12.1 Å². The highest BCUT2D eigenvalue weighted by Gasteiger charge is 2.07. The number of amides is 1. The molecular weight excluding hydrogens is 274 g/mol. The van der Waals surface area contributed by atoms with E-state index in [0.29, 0.717) is 20.8 Å². The Labute approximate surface area is 108 Å². The number of benzene rings is 1. The van der Waals surface area contributed by atoms with E-state index in [-0.39, 0.29) is 18.9 Å². The minimum Gasteiger partial charge on any atom is -0.491 e. The topological polar surface area (TPSA) is 64.3 Å². The lowest BCUT2D eigenvalue weighted by Gasteiger charge is -2.08. The van der Waals surface area contributed by atoms with Crippen LogP contribution in [0.25, 0.3) is 0 Å². The van der Waals surface area contributed by atoms with Gasteiger partial charge in [0.1, 0.15) is 5.75 Å². The summed E-state index contributed by atoms with van der Waals surface area (Å²) in [4.78, 5) is 10.8. The first-order chi connectivity index (χ1) is 7.54. The first-order valence-corrected chi connectivity index (χ1v) is 5.44. The fraction of sp³-hybridized carbons (Fsp3) is 0.222. The number of halogens is 3. The maximum atomic E-state index is 10.8. The van der Waals surface area contributed by atoms with Gasteiger partial charge in [-0.3, -0.25) is 10.2 Å². The lowest BCUT2D eigenvalue weighted by molar-refractivity contribution is -0.121. The largest absolute Gasteiger partial charge is 0.491 e. The van der Waals surface area contributed by atoms with Gasteiger partial charge < -0.3 is 4.74 Å². The van der Waals surface area contributed by atoms with E-state index in [2.05, 4.69) is 0 Å². The Morgan fingerprint density at radius 2 is 1.88 bits per heavy atom. The van der Waals surface area contributed by atoms with Gasteiger partial charge in [0.05, 0.1) is 28.1 Å². The van der Waals surface area contributed by atoms with Gasteiger partial charge in [-0.15, -0.1) is 0 Å². The molecule has 88 valence electrons. The Morgan fingerprint density at radius 3 is 2.50 bits per heavy atom. The average Bonchev–Trinajstić information content (AvgIpc) is 2.25. The summed E-state index contributed by atoms with van der Waals surface area (Å²) in [5, 5.41) is 1.02. The normalized spacial score (nSPS) is 10.0. The van der Waals surface area contributed by atoms with Gasteiger partial charge >= 0.3 is 0 Å². The molecule has 3 N–H and O–H groups in total. The van der Waals surface area contributed by atoms with Crippen molar-refractivity contribution >= 4 is 40.7 Å². The molecule has 0 saturated heterocycles. The molecule has 1 aromatic carbocycles. The van der Waals surface area contributed by atoms with Gasteiger partial charge in [0.2, 0.25) is 5.91 Å². The number of nitrogens with two attached hydrogens (primary N) is 1. The molecule has 0 fully saturated rings. The molecule has 0 spiro atoms. The molecule has 0 aliphatic rings. The maximum absolute atomic E-state index is 10.8. The van der Waals surface area contributed by atoms with Crippen molar-refractivity contribution in [1.82, 2.24) is 5.43 Å². The van der Waals surface area contributed by atoms with Crippen LogP contribution >= 0.6 is 34.8 Å². The predicted octanol–water partition coefficient (Wildman–Crippen LogP) is 2.41. The monoisotopic (exact) mass is 282 g/mol. The second-order valence-corrected chi connectivity index (χ2v) is 4.08. The van der Waals surface area contributed by atoms with E-state index in [9.17, 15) is 4.79 Å². The smallest absolute Gasteiger partial charge is 0.237 e. The second-order valence-electron chi connectivity index (χ2n) is 2.86. The fourth-order valence-corrected chi connectivity index (χ4v) is 1.53. The van der Waals surface area contributed by atoms with Crippen molar-refractivity contribution in [3.8, 4) is 5.75 Å². The van der Waals surface area contributed by atoms with Crippen molar-refractivity contribution in [1.29, 1.82) is 0 Å². The molecule has 1 aromatic rings. The molecular formula is C9H9Cl3N2O2. The van der Waals surface area contributed by atoms with E-state index >= 15 is 0 Å². The molecule has 1 amide bonds. The standard InChI is InChI=1S/C9H9Cl3N2O2/c10-5-3-7(12)8(4-6(5)11)16-2-1-9(15)14-13/h3-4H,1-2,13H2,(H,14,15). The molecule has 0 heterocycles. The summed E-state index contributed by atoms with van der Waals surface area (Å²) in [6, 6.07) is 2.97. The summed E-state index contributed by atoms with van der Waals surface area (Å²) in [5.41, 5.74) is 1.99. The van der Waals surface area contributed by atoms with Gasteiger partial charge in [-0.1, -0.05) is 34.8 Å². The highest BCUT2D eigenvalue weighted by molar-refractivity contribution is 6.43.